The molecule has 4 atom stereocenters. The van der Waals surface area contributed by atoms with Crippen LogP contribution in [0.25, 0.3) is 0 Å². The summed E-state index contributed by atoms with van der Waals surface area (Å²) in [5, 5.41) is 7.12. The topological polar surface area (TPSA) is 64.1 Å². The van der Waals surface area contributed by atoms with Crippen molar-refractivity contribution in [1.29, 1.82) is 0 Å². The van der Waals surface area contributed by atoms with Crippen LogP contribution in [0.4, 0.5) is 0 Å². The molecule has 27 heavy (non-hydrogen) atoms. The Hall–Kier alpha value is -1.22. The molecule has 4 unspecified atom stereocenters. The highest BCUT2D eigenvalue weighted by Crippen LogP contribution is 2.62. The number of guanidine groups is 1. The lowest BCUT2D eigenvalue weighted by atomic mass is 9.46. The number of fused-ring (bicyclic) bond motifs is 3. The summed E-state index contributed by atoms with van der Waals surface area (Å²) in [7, 11) is 1.83. The smallest absolute Gasteiger partial charge is 0.191 e. The third-order valence-electron chi connectivity index (χ3n) is 6.62. The van der Waals surface area contributed by atoms with E-state index in [1.165, 1.54) is 19.3 Å². The van der Waals surface area contributed by atoms with Crippen LogP contribution in [0.5, 0.6) is 11.5 Å². The minimum absolute atomic E-state index is 0. The SMILES string of the molecule is CN=C(NCC1COc2ccccc2O1)NC1C2CCOC2C12CCC2.I. The van der Waals surface area contributed by atoms with E-state index in [4.69, 9.17) is 14.2 Å². The summed E-state index contributed by atoms with van der Waals surface area (Å²) in [5.41, 5.74) is 0.349. The summed E-state index contributed by atoms with van der Waals surface area (Å²) in [4.78, 5) is 4.43. The predicted octanol–water partition coefficient (Wildman–Crippen LogP) is 2.57. The van der Waals surface area contributed by atoms with Crippen LogP contribution in [0.2, 0.25) is 0 Å². The Morgan fingerprint density at radius 1 is 1.26 bits per heavy atom. The Morgan fingerprint density at radius 3 is 2.81 bits per heavy atom. The quantitative estimate of drug-likeness (QED) is 0.392. The minimum atomic E-state index is -0.0231. The maximum atomic E-state index is 6.02. The first-order chi connectivity index (χ1) is 12.8. The van der Waals surface area contributed by atoms with E-state index in [1.54, 1.807) is 0 Å². The number of benzene rings is 1. The van der Waals surface area contributed by atoms with Crippen LogP contribution >= 0.6 is 24.0 Å². The van der Waals surface area contributed by atoms with Gasteiger partial charge >= 0.3 is 0 Å². The molecule has 1 aromatic carbocycles. The average Bonchev–Trinajstić information content (AvgIpc) is 3.05. The fourth-order valence-electron chi connectivity index (χ4n) is 5.17. The zero-order chi connectivity index (χ0) is 17.6. The van der Waals surface area contributed by atoms with Gasteiger partial charge in [0.1, 0.15) is 12.7 Å². The number of hydrogen-bond acceptors (Lipinski definition) is 4. The minimum Gasteiger partial charge on any atom is -0.486 e. The number of ether oxygens (including phenoxy) is 3. The summed E-state index contributed by atoms with van der Waals surface area (Å²) < 4.78 is 17.8. The van der Waals surface area contributed by atoms with E-state index >= 15 is 0 Å². The molecule has 2 aliphatic carbocycles. The highest BCUT2D eigenvalue weighted by Gasteiger charge is 2.66. The third kappa shape index (κ3) is 3.16. The van der Waals surface area contributed by atoms with E-state index in [2.05, 4.69) is 15.6 Å². The van der Waals surface area contributed by atoms with Crippen LogP contribution in [-0.4, -0.2) is 51.0 Å². The van der Waals surface area contributed by atoms with Crippen molar-refractivity contribution in [3.05, 3.63) is 24.3 Å². The van der Waals surface area contributed by atoms with Crippen molar-refractivity contribution < 1.29 is 14.2 Å². The molecule has 1 aromatic rings. The number of hydrogen-bond donors (Lipinski definition) is 2. The Bertz CT molecular complexity index is 709. The highest BCUT2D eigenvalue weighted by molar-refractivity contribution is 14.0. The fourth-order valence-corrected chi connectivity index (χ4v) is 5.17. The Morgan fingerprint density at radius 2 is 2.07 bits per heavy atom. The summed E-state index contributed by atoms with van der Waals surface area (Å²) >= 11 is 0. The molecule has 2 aliphatic heterocycles. The number of para-hydroxylation sites is 2. The molecule has 4 aliphatic rings. The molecule has 1 saturated heterocycles. The van der Waals surface area contributed by atoms with Crippen LogP contribution in [0.15, 0.2) is 29.3 Å². The van der Waals surface area contributed by atoms with Crippen LogP contribution in [-0.2, 0) is 4.74 Å². The van der Waals surface area contributed by atoms with E-state index in [0.717, 1.165) is 30.5 Å². The van der Waals surface area contributed by atoms with Crippen molar-refractivity contribution >= 4 is 29.9 Å². The molecule has 5 rings (SSSR count). The van der Waals surface area contributed by atoms with Gasteiger partial charge in [-0.05, 0) is 31.4 Å². The van der Waals surface area contributed by atoms with Gasteiger partial charge in [-0.25, -0.2) is 0 Å². The third-order valence-corrected chi connectivity index (χ3v) is 6.62. The molecule has 148 valence electrons. The molecule has 7 heteroatoms. The van der Waals surface area contributed by atoms with E-state index in [-0.39, 0.29) is 30.1 Å². The van der Waals surface area contributed by atoms with E-state index in [9.17, 15) is 0 Å². The van der Waals surface area contributed by atoms with Crippen LogP contribution in [0.3, 0.4) is 0 Å². The standard InChI is InChI=1S/C20H27N3O3.HI/c1-21-19(22-11-13-12-25-15-5-2-3-6-16(15)26-13)23-17-14-7-10-24-18(14)20(17)8-4-9-20;/h2-3,5-6,13-14,17-18H,4,7-12H2,1H3,(H2,21,22,23);1H. The second-order valence-corrected chi connectivity index (χ2v) is 7.90. The Kier molecular flexibility index (Phi) is 5.42. The van der Waals surface area contributed by atoms with Crippen molar-refractivity contribution in [2.45, 2.75) is 43.9 Å². The van der Waals surface area contributed by atoms with Crippen LogP contribution in [0, 0.1) is 11.3 Å². The van der Waals surface area contributed by atoms with Gasteiger partial charge in [0, 0.05) is 31.0 Å². The Labute approximate surface area is 177 Å². The van der Waals surface area contributed by atoms with Crippen molar-refractivity contribution in [3.8, 4) is 11.5 Å². The van der Waals surface area contributed by atoms with Crippen molar-refractivity contribution in [1.82, 2.24) is 10.6 Å². The van der Waals surface area contributed by atoms with E-state index in [0.29, 0.717) is 36.6 Å². The summed E-state index contributed by atoms with van der Waals surface area (Å²) in [5.74, 6) is 3.12. The van der Waals surface area contributed by atoms with Gasteiger partial charge in [0.25, 0.3) is 0 Å². The average molecular weight is 485 g/mol. The first kappa shape index (κ1) is 19.1. The van der Waals surface area contributed by atoms with Crippen LogP contribution < -0.4 is 20.1 Å². The number of rotatable bonds is 3. The maximum Gasteiger partial charge on any atom is 0.191 e. The second kappa shape index (κ2) is 7.66. The maximum absolute atomic E-state index is 6.02. The van der Waals surface area contributed by atoms with Gasteiger partial charge in [0.05, 0.1) is 12.6 Å². The molecule has 3 fully saturated rings. The molecule has 0 bridgehead atoms. The molecule has 6 nitrogen and oxygen atoms in total. The van der Waals surface area contributed by atoms with E-state index in [1.807, 2.05) is 31.3 Å². The molecule has 2 heterocycles. The van der Waals surface area contributed by atoms with Gasteiger partial charge in [-0.2, -0.15) is 0 Å². The summed E-state index contributed by atoms with van der Waals surface area (Å²) in [6, 6.07) is 8.30. The molecule has 0 radical (unpaired) electrons. The largest absolute Gasteiger partial charge is 0.486 e. The van der Waals surface area contributed by atoms with Gasteiger partial charge < -0.3 is 24.8 Å². The zero-order valence-corrected chi connectivity index (χ0v) is 18.0. The lowest BCUT2D eigenvalue weighted by Crippen LogP contribution is -2.72. The number of nitrogens with zero attached hydrogens (tertiary/aromatic N) is 1. The lowest BCUT2D eigenvalue weighted by molar-refractivity contribution is -0.171. The van der Waals surface area contributed by atoms with Crippen molar-refractivity contribution in [2.75, 3.05) is 26.8 Å². The van der Waals surface area contributed by atoms with Gasteiger partial charge in [-0.15, -0.1) is 24.0 Å². The van der Waals surface area contributed by atoms with Crippen molar-refractivity contribution in [3.63, 3.8) is 0 Å². The molecule has 2 saturated carbocycles. The predicted molar refractivity (Wildman–Crippen MR) is 114 cm³/mol. The molecular formula is C20H28IN3O3. The lowest BCUT2D eigenvalue weighted by Gasteiger charge is -2.63. The van der Waals surface area contributed by atoms with Gasteiger partial charge in [-0.1, -0.05) is 18.6 Å². The van der Waals surface area contributed by atoms with E-state index < -0.39 is 0 Å². The van der Waals surface area contributed by atoms with Gasteiger partial charge in [-0.3, -0.25) is 4.99 Å². The first-order valence-corrected chi connectivity index (χ1v) is 9.77. The number of nitrogens with one attached hydrogen (secondary N) is 2. The summed E-state index contributed by atoms with van der Waals surface area (Å²) in [6.45, 7) is 2.12. The van der Waals surface area contributed by atoms with Crippen molar-refractivity contribution in [2.24, 2.45) is 16.3 Å². The molecule has 2 N–H and O–H groups in total. The second-order valence-electron chi connectivity index (χ2n) is 7.90. The molecule has 0 aromatic heterocycles. The number of aliphatic imine (C=N–C) groups is 1. The Balaban J connectivity index is 0.00000180. The molecule has 1 spiro atoms. The first-order valence-electron chi connectivity index (χ1n) is 9.77. The van der Waals surface area contributed by atoms with Crippen LogP contribution in [0.1, 0.15) is 25.7 Å². The van der Waals surface area contributed by atoms with Gasteiger partial charge in [0.15, 0.2) is 17.5 Å². The fraction of sp³-hybridized carbons (Fsp3) is 0.650. The highest BCUT2D eigenvalue weighted by atomic mass is 127. The normalized spacial score (nSPS) is 32.6. The van der Waals surface area contributed by atoms with Gasteiger partial charge in [0.2, 0.25) is 0 Å². The number of halogens is 1. The summed E-state index contributed by atoms with van der Waals surface area (Å²) in [6.07, 6.45) is 5.49. The monoisotopic (exact) mass is 485 g/mol. The molecular weight excluding hydrogens is 457 g/mol. The zero-order valence-electron chi connectivity index (χ0n) is 15.6. The molecule has 0 amide bonds.